The number of thiocarbonyl (C=S) groups is 1. The van der Waals surface area contributed by atoms with Crippen molar-refractivity contribution in [1.82, 2.24) is 10.9 Å². The maximum Gasteiger partial charge on any atom is 0.262 e. The molecule has 0 fully saturated rings. The van der Waals surface area contributed by atoms with Gasteiger partial charge in [-0.3, -0.25) is 15.6 Å². The predicted octanol–water partition coefficient (Wildman–Crippen LogP) is 3.43. The van der Waals surface area contributed by atoms with Crippen LogP contribution in [-0.4, -0.2) is 11.0 Å². The number of carbonyl (C=O) groups is 1. The number of nitrogens with one attached hydrogen (secondary N) is 3. The molecule has 0 atom stereocenters. The van der Waals surface area contributed by atoms with Gasteiger partial charge < -0.3 is 5.32 Å². The largest absolute Gasteiger partial charge is 0.331 e. The normalized spacial score (nSPS) is 10.3. The number of carbonyl (C=O) groups excluding carboxylic acids is 1. The molecule has 108 valence electrons. The minimum atomic E-state index is -0.293. The molecule has 7 heteroatoms. The Morgan fingerprint density at radius 2 is 2.10 bits per heavy atom. The van der Waals surface area contributed by atoms with Crippen LogP contribution in [0, 0.1) is 0 Å². The number of hydrogen-bond donors (Lipinski definition) is 3. The Hall–Kier alpha value is -1.89. The summed E-state index contributed by atoms with van der Waals surface area (Å²) in [5, 5.41) is 5.73. The molecule has 0 saturated heterocycles. The zero-order chi connectivity index (χ0) is 15.1. The Labute approximate surface area is 136 Å². The number of thiophene rings is 1. The average molecular weight is 338 g/mol. The maximum atomic E-state index is 11.6. The van der Waals surface area contributed by atoms with E-state index < -0.39 is 0 Å². The fraction of sp³-hybridized carbons (Fsp3) is 0. The second-order valence-electron chi connectivity index (χ2n) is 3.93. The molecule has 0 aliphatic carbocycles. The van der Waals surface area contributed by atoms with Crippen LogP contribution in [0.25, 0.3) is 6.08 Å². The Balaban J connectivity index is 1.77. The van der Waals surface area contributed by atoms with Gasteiger partial charge in [-0.15, -0.1) is 11.3 Å². The Kier molecular flexibility index (Phi) is 5.74. The van der Waals surface area contributed by atoms with Gasteiger partial charge >= 0.3 is 0 Å². The van der Waals surface area contributed by atoms with Crippen LogP contribution in [0.3, 0.4) is 0 Å². The third kappa shape index (κ3) is 5.55. The van der Waals surface area contributed by atoms with Crippen molar-refractivity contribution in [2.24, 2.45) is 0 Å². The number of rotatable bonds is 3. The number of amides is 1. The van der Waals surface area contributed by atoms with E-state index in [1.165, 1.54) is 6.08 Å². The molecule has 1 aromatic carbocycles. The topological polar surface area (TPSA) is 53.2 Å². The minimum absolute atomic E-state index is 0.273. The molecule has 3 N–H and O–H groups in total. The highest BCUT2D eigenvalue weighted by Gasteiger charge is 2.00. The van der Waals surface area contributed by atoms with Gasteiger partial charge in [-0.2, -0.15) is 0 Å². The van der Waals surface area contributed by atoms with Crippen molar-refractivity contribution in [3.63, 3.8) is 0 Å². The monoisotopic (exact) mass is 337 g/mol. The van der Waals surface area contributed by atoms with Crippen LogP contribution in [0.1, 0.15) is 4.88 Å². The van der Waals surface area contributed by atoms with Gasteiger partial charge in [0.15, 0.2) is 5.11 Å². The lowest BCUT2D eigenvalue weighted by Gasteiger charge is -2.10. The molecule has 0 unspecified atom stereocenters. The van der Waals surface area contributed by atoms with E-state index in [9.17, 15) is 4.79 Å². The molecule has 1 aromatic heterocycles. The highest BCUT2D eigenvalue weighted by molar-refractivity contribution is 7.80. The van der Waals surface area contributed by atoms with Crippen molar-refractivity contribution in [1.29, 1.82) is 0 Å². The van der Waals surface area contributed by atoms with E-state index in [1.807, 2.05) is 23.6 Å². The molecule has 1 amide bonds. The van der Waals surface area contributed by atoms with Gasteiger partial charge in [0, 0.05) is 21.7 Å². The first-order chi connectivity index (χ1) is 10.1. The highest BCUT2D eigenvalue weighted by Crippen LogP contribution is 2.14. The molecule has 1 heterocycles. The first kappa shape index (κ1) is 15.5. The van der Waals surface area contributed by atoms with Crippen molar-refractivity contribution in [3.05, 3.63) is 57.8 Å². The summed E-state index contributed by atoms with van der Waals surface area (Å²) in [6.07, 6.45) is 3.16. The second-order valence-corrected chi connectivity index (χ2v) is 5.75. The molecule has 0 radical (unpaired) electrons. The summed E-state index contributed by atoms with van der Waals surface area (Å²) in [5.41, 5.74) is 5.82. The summed E-state index contributed by atoms with van der Waals surface area (Å²) >= 11 is 12.5. The van der Waals surface area contributed by atoms with E-state index in [4.69, 9.17) is 23.8 Å². The molecule has 2 rings (SSSR count). The van der Waals surface area contributed by atoms with E-state index in [1.54, 1.807) is 35.6 Å². The van der Waals surface area contributed by atoms with Crippen molar-refractivity contribution in [2.45, 2.75) is 0 Å². The predicted molar refractivity (Wildman–Crippen MR) is 92.3 cm³/mol. The molecule has 0 aliphatic heterocycles. The van der Waals surface area contributed by atoms with Gasteiger partial charge in [0.25, 0.3) is 5.91 Å². The zero-order valence-corrected chi connectivity index (χ0v) is 13.2. The van der Waals surface area contributed by atoms with Gasteiger partial charge in [-0.1, -0.05) is 23.7 Å². The second kappa shape index (κ2) is 7.78. The Bertz CT molecular complexity index is 656. The van der Waals surface area contributed by atoms with Crippen LogP contribution >= 0.6 is 35.2 Å². The fourth-order valence-electron chi connectivity index (χ4n) is 1.43. The number of hydrazine groups is 1. The minimum Gasteiger partial charge on any atom is -0.331 e. The zero-order valence-electron chi connectivity index (χ0n) is 10.8. The lowest BCUT2D eigenvalue weighted by molar-refractivity contribution is -0.116. The van der Waals surface area contributed by atoms with E-state index in [-0.39, 0.29) is 11.0 Å². The summed E-state index contributed by atoms with van der Waals surface area (Å²) in [4.78, 5) is 12.6. The van der Waals surface area contributed by atoms with Gasteiger partial charge in [-0.25, -0.2) is 0 Å². The maximum absolute atomic E-state index is 11.6. The summed E-state index contributed by atoms with van der Waals surface area (Å²) in [7, 11) is 0. The Morgan fingerprint density at radius 3 is 2.81 bits per heavy atom. The fourth-order valence-corrected chi connectivity index (χ4v) is 2.41. The molecular weight excluding hydrogens is 326 g/mol. The van der Waals surface area contributed by atoms with Gasteiger partial charge in [0.1, 0.15) is 0 Å². The van der Waals surface area contributed by atoms with Crippen LogP contribution in [0.5, 0.6) is 0 Å². The van der Waals surface area contributed by atoms with E-state index in [0.29, 0.717) is 5.02 Å². The number of hydrogen-bond acceptors (Lipinski definition) is 3. The molecule has 0 aliphatic rings. The summed E-state index contributed by atoms with van der Waals surface area (Å²) < 4.78 is 0. The van der Waals surface area contributed by atoms with Crippen LogP contribution in [-0.2, 0) is 4.79 Å². The van der Waals surface area contributed by atoms with Crippen LogP contribution in [0.15, 0.2) is 47.9 Å². The van der Waals surface area contributed by atoms with Crippen LogP contribution < -0.4 is 16.2 Å². The number of benzene rings is 1. The summed E-state index contributed by atoms with van der Waals surface area (Å²) in [6, 6.07) is 11.0. The van der Waals surface area contributed by atoms with Crippen molar-refractivity contribution in [3.8, 4) is 0 Å². The first-order valence-corrected chi connectivity index (χ1v) is 7.64. The molecule has 0 saturated carbocycles. The number of halogens is 1. The molecule has 21 heavy (non-hydrogen) atoms. The molecule has 0 bridgehead atoms. The van der Waals surface area contributed by atoms with Gasteiger partial charge in [0.05, 0.1) is 0 Å². The number of anilines is 1. The third-order valence-electron chi connectivity index (χ3n) is 2.32. The van der Waals surface area contributed by atoms with E-state index in [0.717, 1.165) is 10.6 Å². The lowest BCUT2D eigenvalue weighted by atomic mass is 10.3. The van der Waals surface area contributed by atoms with Crippen molar-refractivity contribution < 1.29 is 4.79 Å². The summed E-state index contributed by atoms with van der Waals surface area (Å²) in [6.45, 7) is 0. The lowest BCUT2D eigenvalue weighted by Crippen LogP contribution is -2.43. The Morgan fingerprint density at radius 1 is 1.24 bits per heavy atom. The van der Waals surface area contributed by atoms with Gasteiger partial charge in [0.2, 0.25) is 0 Å². The van der Waals surface area contributed by atoms with Crippen molar-refractivity contribution in [2.75, 3.05) is 5.32 Å². The first-order valence-electron chi connectivity index (χ1n) is 5.97. The SMILES string of the molecule is O=C(/C=C/c1cccs1)NNC(=S)Nc1cccc(Cl)c1. The molecule has 2 aromatic rings. The molecular formula is C14H12ClN3OS2. The smallest absolute Gasteiger partial charge is 0.262 e. The van der Waals surface area contributed by atoms with Crippen LogP contribution in [0.2, 0.25) is 5.02 Å². The van der Waals surface area contributed by atoms with Crippen LogP contribution in [0.4, 0.5) is 5.69 Å². The molecule has 4 nitrogen and oxygen atoms in total. The highest BCUT2D eigenvalue weighted by atomic mass is 35.5. The van der Waals surface area contributed by atoms with E-state index >= 15 is 0 Å². The third-order valence-corrected chi connectivity index (χ3v) is 3.60. The molecule has 0 spiro atoms. The quantitative estimate of drug-likeness (QED) is 0.456. The summed E-state index contributed by atoms with van der Waals surface area (Å²) in [5.74, 6) is -0.293. The standard InChI is InChI=1S/C14H12ClN3OS2/c15-10-3-1-4-11(9-10)16-14(20)18-17-13(19)7-6-12-5-2-8-21-12/h1-9H,(H,17,19)(H2,16,18,20)/b7-6+. The average Bonchev–Trinajstić information content (AvgIpc) is 2.96. The van der Waals surface area contributed by atoms with Crippen molar-refractivity contribution >= 4 is 57.9 Å². The van der Waals surface area contributed by atoms with E-state index in [2.05, 4.69) is 16.2 Å². The van der Waals surface area contributed by atoms with Gasteiger partial charge in [-0.05, 0) is 47.9 Å².